The molecule has 0 spiro atoms. The van der Waals surface area contributed by atoms with Gasteiger partial charge < -0.3 is 4.57 Å². The zero-order chi connectivity index (χ0) is 38.4. The number of fused-ring (bicyclic) bond motifs is 5. The lowest BCUT2D eigenvalue weighted by Gasteiger charge is -2.12. The monoisotopic (exact) mass is 759 g/mol. The van der Waals surface area contributed by atoms with Crippen molar-refractivity contribution in [3.05, 3.63) is 201 Å². The van der Waals surface area contributed by atoms with Gasteiger partial charge in [-0.3, -0.25) is 9.97 Å². The van der Waals surface area contributed by atoms with Gasteiger partial charge in [-0.15, -0.1) is 11.3 Å². The molecular weight excluding hydrogens is 727 g/mol. The van der Waals surface area contributed by atoms with E-state index in [1.165, 1.54) is 42.4 Å². The van der Waals surface area contributed by atoms with E-state index in [4.69, 9.17) is 9.97 Å². The summed E-state index contributed by atoms with van der Waals surface area (Å²) in [6, 6.07) is 62.2. The fraction of sp³-hybridized carbons (Fsp3) is 0. The molecule has 6 aromatic carbocycles. The molecule has 0 aliphatic carbocycles. The van der Waals surface area contributed by atoms with Crippen molar-refractivity contribution in [3.8, 4) is 72.3 Å². The second-order valence-electron chi connectivity index (χ2n) is 14.3. The highest BCUT2D eigenvalue weighted by atomic mass is 32.1. The third-order valence-electron chi connectivity index (χ3n) is 10.8. The van der Waals surface area contributed by atoms with E-state index in [2.05, 4.69) is 166 Å². The predicted octanol–water partition coefficient (Wildman–Crippen LogP) is 13.6. The first-order valence-corrected chi connectivity index (χ1v) is 20.1. The zero-order valence-corrected chi connectivity index (χ0v) is 32.0. The quantitative estimate of drug-likeness (QED) is 0.162. The van der Waals surface area contributed by atoms with E-state index in [0.717, 1.165) is 55.9 Å². The van der Waals surface area contributed by atoms with E-state index in [-0.39, 0.29) is 0 Å². The van der Waals surface area contributed by atoms with Crippen LogP contribution in [0.5, 0.6) is 0 Å². The van der Waals surface area contributed by atoms with Gasteiger partial charge in [0.05, 0.1) is 22.4 Å². The fourth-order valence-corrected chi connectivity index (χ4v) is 9.51. The summed E-state index contributed by atoms with van der Waals surface area (Å²) in [7, 11) is 0. The summed E-state index contributed by atoms with van der Waals surface area (Å²) in [4.78, 5) is 20.1. The Morgan fingerprint density at radius 2 is 0.983 bits per heavy atom. The molecule has 0 unspecified atom stereocenters. The SMILES string of the molecule is c1ccc(-c2sc3c(ccc4c3c3ccccc3n4-c3cccc(-c4nc(-c5ccncc5)cc(-c5ccc(-c6ccncc6)cc5)n4)c3)c2-c2ccccc2)cc1. The Morgan fingerprint density at radius 1 is 0.397 bits per heavy atom. The van der Waals surface area contributed by atoms with Crippen molar-refractivity contribution in [2.45, 2.75) is 0 Å². The molecule has 272 valence electrons. The number of hydrogen-bond acceptors (Lipinski definition) is 5. The number of hydrogen-bond donors (Lipinski definition) is 0. The van der Waals surface area contributed by atoms with Crippen molar-refractivity contribution < 1.29 is 0 Å². The van der Waals surface area contributed by atoms with Crippen LogP contribution in [0.3, 0.4) is 0 Å². The van der Waals surface area contributed by atoms with Gasteiger partial charge >= 0.3 is 0 Å². The summed E-state index contributed by atoms with van der Waals surface area (Å²) in [6.45, 7) is 0. The van der Waals surface area contributed by atoms with Crippen LogP contribution in [-0.2, 0) is 0 Å². The highest BCUT2D eigenvalue weighted by Gasteiger charge is 2.22. The number of aromatic nitrogens is 5. The first-order chi connectivity index (χ1) is 28.8. The Morgan fingerprint density at radius 3 is 1.71 bits per heavy atom. The highest BCUT2D eigenvalue weighted by Crippen LogP contribution is 2.49. The molecular formula is C52H33N5S. The standard InChI is InChI=1S/C52H33N5S/c1-3-10-38(11-4-1)48-43-22-23-47-49(51(43)58-50(48)39-12-5-2-6-13-39)42-16-7-8-17-46(42)57(47)41-15-9-14-40(32-41)52-55-44(33-45(56-52)37-26-30-54-31-27-37)36-20-18-34(19-21-36)35-24-28-53-29-25-35/h1-33H. The van der Waals surface area contributed by atoms with Crippen LogP contribution in [0.4, 0.5) is 0 Å². The molecule has 0 aliphatic heterocycles. The van der Waals surface area contributed by atoms with Crippen molar-refractivity contribution in [2.75, 3.05) is 0 Å². The molecule has 11 aromatic rings. The molecule has 0 radical (unpaired) electrons. The van der Waals surface area contributed by atoms with Crippen LogP contribution in [0.25, 0.3) is 104 Å². The maximum absolute atomic E-state index is 5.22. The largest absolute Gasteiger partial charge is 0.309 e. The van der Waals surface area contributed by atoms with Crippen molar-refractivity contribution in [1.29, 1.82) is 0 Å². The lowest BCUT2D eigenvalue weighted by atomic mass is 9.98. The maximum Gasteiger partial charge on any atom is 0.160 e. The Balaban J connectivity index is 1.09. The molecule has 5 heterocycles. The Labute approximate surface area is 339 Å². The molecule has 0 saturated carbocycles. The smallest absolute Gasteiger partial charge is 0.160 e. The first kappa shape index (κ1) is 33.8. The minimum Gasteiger partial charge on any atom is -0.309 e. The molecule has 0 amide bonds. The lowest BCUT2D eigenvalue weighted by molar-refractivity contribution is 1.16. The van der Waals surface area contributed by atoms with Crippen molar-refractivity contribution >= 4 is 43.2 Å². The number of nitrogens with zero attached hydrogens (tertiary/aromatic N) is 5. The van der Waals surface area contributed by atoms with Gasteiger partial charge in [0.1, 0.15) is 0 Å². The number of rotatable bonds is 7. The van der Waals surface area contributed by atoms with E-state index in [9.17, 15) is 0 Å². The first-order valence-electron chi connectivity index (χ1n) is 19.3. The summed E-state index contributed by atoms with van der Waals surface area (Å²) >= 11 is 1.88. The highest BCUT2D eigenvalue weighted by molar-refractivity contribution is 7.24. The number of pyridine rings is 2. The summed E-state index contributed by atoms with van der Waals surface area (Å²) in [6.07, 6.45) is 7.25. The van der Waals surface area contributed by atoms with E-state index in [1.807, 2.05) is 48.0 Å². The van der Waals surface area contributed by atoms with Gasteiger partial charge in [0.25, 0.3) is 0 Å². The van der Waals surface area contributed by atoms with E-state index >= 15 is 0 Å². The summed E-state index contributed by atoms with van der Waals surface area (Å²) in [5.41, 5.74) is 14.0. The minimum absolute atomic E-state index is 0.658. The molecule has 11 rings (SSSR count). The average molecular weight is 760 g/mol. The van der Waals surface area contributed by atoms with Gasteiger partial charge in [0, 0.05) is 78.5 Å². The van der Waals surface area contributed by atoms with Crippen LogP contribution in [0.2, 0.25) is 0 Å². The van der Waals surface area contributed by atoms with E-state index in [1.54, 1.807) is 12.4 Å². The third kappa shape index (κ3) is 5.86. The van der Waals surface area contributed by atoms with Gasteiger partial charge in [-0.05, 0) is 76.9 Å². The van der Waals surface area contributed by atoms with E-state index < -0.39 is 0 Å². The van der Waals surface area contributed by atoms with Gasteiger partial charge in [-0.2, -0.15) is 0 Å². The molecule has 0 fully saturated rings. The Bertz CT molecular complexity index is 3250. The second-order valence-corrected chi connectivity index (χ2v) is 15.3. The fourth-order valence-electron chi connectivity index (χ4n) is 8.13. The van der Waals surface area contributed by atoms with Gasteiger partial charge in [-0.25, -0.2) is 9.97 Å². The Hall–Kier alpha value is -7.54. The topological polar surface area (TPSA) is 56.5 Å². The van der Waals surface area contributed by atoms with Crippen LogP contribution in [0, 0.1) is 0 Å². The van der Waals surface area contributed by atoms with Gasteiger partial charge in [0.15, 0.2) is 5.82 Å². The molecule has 58 heavy (non-hydrogen) atoms. The lowest BCUT2D eigenvalue weighted by Crippen LogP contribution is -1.98. The molecule has 5 aromatic heterocycles. The second kappa shape index (κ2) is 14.2. The van der Waals surface area contributed by atoms with Crippen LogP contribution >= 0.6 is 11.3 Å². The number of benzene rings is 6. The molecule has 5 nitrogen and oxygen atoms in total. The minimum atomic E-state index is 0.658. The summed E-state index contributed by atoms with van der Waals surface area (Å²) < 4.78 is 3.68. The average Bonchev–Trinajstić information content (AvgIpc) is 3.87. The van der Waals surface area contributed by atoms with Crippen LogP contribution in [-0.4, -0.2) is 24.5 Å². The van der Waals surface area contributed by atoms with Crippen LogP contribution in [0.1, 0.15) is 0 Å². The summed E-state index contributed by atoms with van der Waals surface area (Å²) in [5.74, 6) is 0.658. The molecule has 0 bridgehead atoms. The number of thiophene rings is 1. The molecule has 0 saturated heterocycles. The van der Waals surface area contributed by atoms with Crippen molar-refractivity contribution in [1.82, 2.24) is 24.5 Å². The normalized spacial score (nSPS) is 11.4. The third-order valence-corrected chi connectivity index (χ3v) is 12.1. The molecule has 0 aliphatic rings. The van der Waals surface area contributed by atoms with Gasteiger partial charge in [-0.1, -0.05) is 121 Å². The summed E-state index contributed by atoms with van der Waals surface area (Å²) in [5, 5.41) is 3.75. The molecule has 6 heteroatoms. The van der Waals surface area contributed by atoms with Crippen LogP contribution < -0.4 is 0 Å². The number of para-hydroxylation sites is 1. The van der Waals surface area contributed by atoms with Crippen molar-refractivity contribution in [2.24, 2.45) is 0 Å². The van der Waals surface area contributed by atoms with Crippen molar-refractivity contribution in [3.63, 3.8) is 0 Å². The van der Waals surface area contributed by atoms with Gasteiger partial charge in [0.2, 0.25) is 0 Å². The molecule has 0 N–H and O–H groups in total. The van der Waals surface area contributed by atoms with Crippen LogP contribution in [0.15, 0.2) is 201 Å². The zero-order valence-electron chi connectivity index (χ0n) is 31.2. The van der Waals surface area contributed by atoms with E-state index in [0.29, 0.717) is 5.82 Å². The molecule has 0 atom stereocenters. The predicted molar refractivity (Wildman–Crippen MR) is 240 cm³/mol. The maximum atomic E-state index is 5.22. The Kier molecular flexibility index (Phi) is 8.26.